The molecule has 5 nitrogen and oxygen atoms in total. The summed E-state index contributed by atoms with van der Waals surface area (Å²) in [6.07, 6.45) is 3.67. The summed E-state index contributed by atoms with van der Waals surface area (Å²) in [7, 11) is 0. The fourth-order valence-electron chi connectivity index (χ4n) is 2.99. The lowest BCUT2D eigenvalue weighted by molar-refractivity contribution is 0.0720. The molecule has 0 aliphatic carbocycles. The van der Waals surface area contributed by atoms with Gasteiger partial charge in [0.15, 0.2) is 5.69 Å². The third kappa shape index (κ3) is 2.29. The zero-order valence-corrected chi connectivity index (χ0v) is 11.4. The van der Waals surface area contributed by atoms with Crippen LogP contribution in [-0.4, -0.2) is 45.3 Å². The molecule has 1 amide bonds. The number of amides is 1. The van der Waals surface area contributed by atoms with E-state index in [0.29, 0.717) is 5.69 Å². The van der Waals surface area contributed by atoms with Crippen LogP contribution in [0, 0.1) is 0 Å². The lowest BCUT2D eigenvalue weighted by Gasteiger charge is -2.23. The number of benzene rings is 1. The normalized spacial score (nSPS) is 18.9. The Bertz CT molecular complexity index is 608. The predicted octanol–water partition coefficient (Wildman–Crippen LogP) is 1.94. The molecule has 2 aromatic rings. The highest BCUT2D eigenvalue weighted by Gasteiger charge is 2.30. The minimum atomic E-state index is 0.00268. The number of aliphatic hydroxyl groups excluding tert-OH is 1. The molecule has 20 heavy (non-hydrogen) atoms. The maximum Gasteiger partial charge on any atom is 0.275 e. The summed E-state index contributed by atoms with van der Waals surface area (Å²) in [6.45, 7) is 0.972. The van der Waals surface area contributed by atoms with E-state index in [-0.39, 0.29) is 18.6 Å². The lowest BCUT2D eigenvalue weighted by atomic mass is 10.1. The van der Waals surface area contributed by atoms with E-state index in [4.69, 9.17) is 5.11 Å². The number of fused-ring (bicyclic) bond motifs is 1. The Kier molecular flexibility index (Phi) is 3.69. The molecule has 1 aliphatic rings. The van der Waals surface area contributed by atoms with Crippen molar-refractivity contribution in [2.75, 3.05) is 13.2 Å². The minimum absolute atomic E-state index is 0.00268. The van der Waals surface area contributed by atoms with E-state index in [1.807, 2.05) is 29.2 Å². The molecule has 1 saturated heterocycles. The van der Waals surface area contributed by atoms with E-state index in [0.717, 1.165) is 43.1 Å². The number of aromatic amines is 1. The predicted molar refractivity (Wildman–Crippen MR) is 76.5 cm³/mol. The van der Waals surface area contributed by atoms with Gasteiger partial charge in [-0.2, -0.15) is 5.10 Å². The Morgan fingerprint density at radius 1 is 1.45 bits per heavy atom. The highest BCUT2D eigenvalue weighted by atomic mass is 16.3. The fraction of sp³-hybridized carbons (Fsp3) is 0.467. The molecule has 106 valence electrons. The minimum Gasteiger partial charge on any atom is -0.396 e. The van der Waals surface area contributed by atoms with Crippen molar-refractivity contribution in [1.82, 2.24) is 15.1 Å². The first-order valence-corrected chi connectivity index (χ1v) is 7.16. The number of H-pyrrole nitrogens is 1. The van der Waals surface area contributed by atoms with Crippen LogP contribution in [0.3, 0.4) is 0 Å². The van der Waals surface area contributed by atoms with Crippen LogP contribution in [0.25, 0.3) is 10.9 Å². The molecule has 0 radical (unpaired) electrons. The Morgan fingerprint density at radius 3 is 3.15 bits per heavy atom. The van der Waals surface area contributed by atoms with Crippen molar-refractivity contribution in [3.63, 3.8) is 0 Å². The number of nitrogens with zero attached hydrogens (tertiary/aromatic N) is 2. The molecule has 1 fully saturated rings. The monoisotopic (exact) mass is 273 g/mol. The number of hydrogen-bond donors (Lipinski definition) is 2. The van der Waals surface area contributed by atoms with Crippen molar-refractivity contribution in [2.24, 2.45) is 0 Å². The van der Waals surface area contributed by atoms with Crippen LogP contribution >= 0.6 is 0 Å². The average molecular weight is 273 g/mol. The van der Waals surface area contributed by atoms with Crippen LogP contribution in [0.5, 0.6) is 0 Å². The van der Waals surface area contributed by atoms with Crippen molar-refractivity contribution in [2.45, 2.75) is 31.7 Å². The van der Waals surface area contributed by atoms with Gasteiger partial charge in [0.1, 0.15) is 0 Å². The van der Waals surface area contributed by atoms with E-state index in [2.05, 4.69) is 10.2 Å². The number of carbonyl (C=O) groups excluding carboxylic acids is 1. The van der Waals surface area contributed by atoms with Gasteiger partial charge in [0.05, 0.1) is 5.52 Å². The zero-order chi connectivity index (χ0) is 13.9. The summed E-state index contributed by atoms with van der Waals surface area (Å²) in [4.78, 5) is 14.6. The molecule has 0 bridgehead atoms. The quantitative estimate of drug-likeness (QED) is 0.894. The molecule has 1 aliphatic heterocycles. The fourth-order valence-corrected chi connectivity index (χ4v) is 2.99. The molecule has 1 unspecified atom stereocenters. The Hall–Kier alpha value is -1.88. The summed E-state index contributed by atoms with van der Waals surface area (Å²) in [5, 5.41) is 16.9. The number of rotatable bonds is 4. The summed E-state index contributed by atoms with van der Waals surface area (Å²) < 4.78 is 0. The number of carbonyl (C=O) groups is 1. The van der Waals surface area contributed by atoms with Crippen LogP contribution in [0.15, 0.2) is 24.3 Å². The van der Waals surface area contributed by atoms with E-state index in [1.165, 1.54) is 0 Å². The number of aliphatic hydroxyl groups is 1. The van der Waals surface area contributed by atoms with Crippen molar-refractivity contribution in [3.05, 3.63) is 30.0 Å². The smallest absolute Gasteiger partial charge is 0.275 e. The summed E-state index contributed by atoms with van der Waals surface area (Å²) >= 11 is 0. The van der Waals surface area contributed by atoms with E-state index >= 15 is 0 Å². The van der Waals surface area contributed by atoms with Gasteiger partial charge in [0.2, 0.25) is 0 Å². The Morgan fingerprint density at radius 2 is 2.30 bits per heavy atom. The molecular formula is C15H19N3O2. The maximum absolute atomic E-state index is 12.7. The Balaban J connectivity index is 1.84. The average Bonchev–Trinajstić information content (AvgIpc) is 3.11. The maximum atomic E-state index is 12.7. The molecule has 0 spiro atoms. The second-order valence-corrected chi connectivity index (χ2v) is 5.28. The lowest BCUT2D eigenvalue weighted by Crippen LogP contribution is -2.36. The first-order chi connectivity index (χ1) is 9.81. The molecule has 3 rings (SSSR count). The van der Waals surface area contributed by atoms with Gasteiger partial charge in [-0.3, -0.25) is 9.89 Å². The first-order valence-electron chi connectivity index (χ1n) is 7.16. The second-order valence-electron chi connectivity index (χ2n) is 5.28. The SMILES string of the molecule is O=C(c1n[nH]c2ccccc12)N1CCCC1CCCO. The molecule has 2 N–H and O–H groups in total. The molecule has 5 heteroatoms. The van der Waals surface area contributed by atoms with Crippen molar-refractivity contribution < 1.29 is 9.90 Å². The molecule has 0 saturated carbocycles. The largest absolute Gasteiger partial charge is 0.396 e. The third-order valence-electron chi connectivity index (χ3n) is 4.01. The standard InChI is InChI=1S/C15H19N3O2/c19-10-4-6-11-5-3-9-18(11)15(20)14-12-7-1-2-8-13(12)16-17-14/h1-2,7-8,11,19H,3-6,9-10H2,(H,16,17). The number of nitrogens with one attached hydrogen (secondary N) is 1. The van der Waals surface area contributed by atoms with Crippen LogP contribution in [0.4, 0.5) is 0 Å². The molecular weight excluding hydrogens is 254 g/mol. The van der Waals surface area contributed by atoms with Crippen LogP contribution in [0.2, 0.25) is 0 Å². The van der Waals surface area contributed by atoms with Crippen LogP contribution < -0.4 is 0 Å². The number of para-hydroxylation sites is 1. The van der Waals surface area contributed by atoms with Crippen molar-refractivity contribution >= 4 is 16.8 Å². The zero-order valence-electron chi connectivity index (χ0n) is 11.4. The highest BCUT2D eigenvalue weighted by Crippen LogP contribution is 2.25. The van der Waals surface area contributed by atoms with E-state index in [1.54, 1.807) is 0 Å². The summed E-state index contributed by atoms with van der Waals surface area (Å²) in [6, 6.07) is 7.93. The van der Waals surface area contributed by atoms with Gasteiger partial charge in [0, 0.05) is 24.6 Å². The first kappa shape index (κ1) is 13.1. The third-order valence-corrected chi connectivity index (χ3v) is 4.01. The number of hydrogen-bond acceptors (Lipinski definition) is 3. The second kappa shape index (κ2) is 5.63. The van der Waals surface area contributed by atoms with Crippen LogP contribution in [0.1, 0.15) is 36.2 Å². The van der Waals surface area contributed by atoms with Crippen LogP contribution in [-0.2, 0) is 0 Å². The number of likely N-dealkylation sites (tertiary alicyclic amines) is 1. The van der Waals surface area contributed by atoms with Gasteiger partial charge in [-0.05, 0) is 31.7 Å². The summed E-state index contributed by atoms with van der Waals surface area (Å²) in [5.41, 5.74) is 1.40. The van der Waals surface area contributed by atoms with Gasteiger partial charge in [-0.1, -0.05) is 18.2 Å². The van der Waals surface area contributed by atoms with E-state index < -0.39 is 0 Å². The summed E-state index contributed by atoms with van der Waals surface area (Å²) in [5.74, 6) is 0.00268. The molecule has 2 heterocycles. The van der Waals surface area contributed by atoms with Crippen molar-refractivity contribution in [3.8, 4) is 0 Å². The van der Waals surface area contributed by atoms with Gasteiger partial charge < -0.3 is 10.0 Å². The van der Waals surface area contributed by atoms with Gasteiger partial charge in [-0.15, -0.1) is 0 Å². The number of aromatic nitrogens is 2. The van der Waals surface area contributed by atoms with Gasteiger partial charge in [0.25, 0.3) is 5.91 Å². The molecule has 1 atom stereocenters. The molecule has 1 aromatic carbocycles. The molecule has 1 aromatic heterocycles. The highest BCUT2D eigenvalue weighted by molar-refractivity contribution is 6.04. The van der Waals surface area contributed by atoms with Crippen molar-refractivity contribution in [1.29, 1.82) is 0 Å². The van der Waals surface area contributed by atoms with Gasteiger partial charge >= 0.3 is 0 Å². The van der Waals surface area contributed by atoms with E-state index in [9.17, 15) is 4.79 Å². The van der Waals surface area contributed by atoms with Gasteiger partial charge in [-0.25, -0.2) is 0 Å². The topological polar surface area (TPSA) is 69.2 Å². The Labute approximate surface area is 117 Å².